The van der Waals surface area contributed by atoms with Crippen molar-refractivity contribution in [1.82, 2.24) is 0 Å². The summed E-state index contributed by atoms with van der Waals surface area (Å²) in [7, 11) is 0. The first-order chi connectivity index (χ1) is 28.5. The number of rotatable bonds is 3. The highest BCUT2D eigenvalue weighted by atomic mass is 16.3. The molecule has 0 saturated heterocycles. The minimum atomic E-state index is -0.371. The SMILES string of the molecule is CC1(C)c2cc(Nc3cccc4c3-c3ccccc3C43c4ccccc4-c4ccccc43)ccc2-c2c1cc(-c1cccc3c1oc1ccccc13)c1ccccc21. The van der Waals surface area contributed by atoms with E-state index in [0.29, 0.717) is 0 Å². The molecule has 0 radical (unpaired) electrons. The van der Waals surface area contributed by atoms with Crippen LogP contribution in [0, 0.1) is 0 Å². The van der Waals surface area contributed by atoms with E-state index in [9.17, 15) is 0 Å². The maximum atomic E-state index is 6.60. The molecule has 1 spiro atoms. The van der Waals surface area contributed by atoms with Gasteiger partial charge in [0.1, 0.15) is 11.2 Å². The van der Waals surface area contributed by atoms with Crippen LogP contribution in [0.25, 0.3) is 77.2 Å². The molecule has 58 heavy (non-hydrogen) atoms. The molecule has 1 aromatic heterocycles. The molecule has 9 aromatic carbocycles. The Bertz CT molecular complexity index is 3370. The number of furan rings is 1. The number of para-hydroxylation sites is 2. The highest BCUT2D eigenvalue weighted by molar-refractivity contribution is 6.15. The first-order valence-corrected chi connectivity index (χ1v) is 20.3. The fourth-order valence-electron chi connectivity index (χ4n) is 11.2. The Labute approximate surface area is 337 Å². The molecule has 0 amide bonds. The highest BCUT2D eigenvalue weighted by Gasteiger charge is 2.52. The van der Waals surface area contributed by atoms with Gasteiger partial charge in [0.25, 0.3) is 0 Å². The van der Waals surface area contributed by atoms with E-state index in [2.05, 4.69) is 195 Å². The maximum Gasteiger partial charge on any atom is 0.143 e. The van der Waals surface area contributed by atoms with Crippen molar-refractivity contribution in [3.63, 3.8) is 0 Å². The quantitative estimate of drug-likeness (QED) is 0.195. The Balaban J connectivity index is 0.965. The van der Waals surface area contributed by atoms with Gasteiger partial charge in [-0.3, -0.25) is 0 Å². The van der Waals surface area contributed by atoms with Gasteiger partial charge >= 0.3 is 0 Å². The minimum absolute atomic E-state index is 0.241. The topological polar surface area (TPSA) is 25.2 Å². The average Bonchev–Trinajstić information content (AvgIpc) is 3.96. The second-order valence-electron chi connectivity index (χ2n) is 16.8. The van der Waals surface area contributed by atoms with Gasteiger partial charge in [-0.15, -0.1) is 0 Å². The standard InChI is InChI=1S/C56H37NO/c1-55(2)48-31-33(57-50-27-14-26-47-53(50)41-20-7-11-25-46(41)56(47)44-23-9-5-16-35(44)36-17-6-10-24-45(36)56)29-30-42(48)52-38-19-4-3-15-34(38)43(32-49(52)55)40-22-13-21-39-37-18-8-12-28-51(37)58-54(39)40/h3-32,57H,1-2H3. The molecule has 13 rings (SSSR count). The van der Waals surface area contributed by atoms with Gasteiger partial charge in [0.15, 0.2) is 0 Å². The monoisotopic (exact) mass is 739 g/mol. The summed E-state index contributed by atoms with van der Waals surface area (Å²) >= 11 is 0. The Morgan fingerprint density at radius 3 is 1.72 bits per heavy atom. The van der Waals surface area contributed by atoms with E-state index in [1.54, 1.807) is 0 Å². The lowest BCUT2D eigenvalue weighted by Crippen LogP contribution is -2.25. The Kier molecular flexibility index (Phi) is 6.20. The summed E-state index contributed by atoms with van der Waals surface area (Å²) in [6.45, 7) is 4.77. The average molecular weight is 740 g/mol. The molecule has 0 atom stereocenters. The zero-order chi connectivity index (χ0) is 38.3. The van der Waals surface area contributed by atoms with E-state index in [1.165, 1.54) is 83.1 Å². The summed E-state index contributed by atoms with van der Waals surface area (Å²) < 4.78 is 6.60. The predicted octanol–water partition coefficient (Wildman–Crippen LogP) is 14.8. The van der Waals surface area contributed by atoms with Gasteiger partial charge in [0, 0.05) is 38.7 Å². The number of hydrogen-bond donors (Lipinski definition) is 1. The summed E-state index contributed by atoms with van der Waals surface area (Å²) in [5.41, 5.74) is 21.7. The lowest BCUT2D eigenvalue weighted by Gasteiger charge is -2.30. The normalized spacial score (nSPS) is 14.7. The maximum absolute atomic E-state index is 6.60. The number of fused-ring (bicyclic) bond motifs is 18. The van der Waals surface area contributed by atoms with E-state index in [-0.39, 0.29) is 10.8 Å². The number of benzene rings is 9. The van der Waals surface area contributed by atoms with E-state index in [1.807, 2.05) is 6.07 Å². The van der Waals surface area contributed by atoms with Crippen molar-refractivity contribution in [3.05, 3.63) is 215 Å². The number of hydrogen-bond acceptors (Lipinski definition) is 2. The van der Waals surface area contributed by atoms with Gasteiger partial charge in [0.2, 0.25) is 0 Å². The van der Waals surface area contributed by atoms with Gasteiger partial charge in [-0.05, 0) is 108 Å². The molecule has 1 N–H and O–H groups in total. The van der Waals surface area contributed by atoms with Crippen LogP contribution in [0.15, 0.2) is 186 Å². The van der Waals surface area contributed by atoms with Gasteiger partial charge in [0.05, 0.1) is 5.41 Å². The fourth-order valence-corrected chi connectivity index (χ4v) is 11.2. The summed E-state index contributed by atoms with van der Waals surface area (Å²) in [5, 5.41) is 8.80. The number of anilines is 2. The lowest BCUT2D eigenvalue weighted by atomic mass is 9.70. The van der Waals surface area contributed by atoms with Crippen LogP contribution in [0.5, 0.6) is 0 Å². The second-order valence-corrected chi connectivity index (χ2v) is 16.8. The highest BCUT2D eigenvalue weighted by Crippen LogP contribution is 2.64. The van der Waals surface area contributed by atoms with Gasteiger partial charge in [-0.2, -0.15) is 0 Å². The second kappa shape index (κ2) is 11.2. The Morgan fingerprint density at radius 2 is 0.948 bits per heavy atom. The molecule has 0 fully saturated rings. The Morgan fingerprint density at radius 1 is 0.379 bits per heavy atom. The third-order valence-electron chi connectivity index (χ3n) is 13.7. The molecular weight excluding hydrogens is 703 g/mol. The smallest absolute Gasteiger partial charge is 0.143 e. The van der Waals surface area contributed by atoms with Crippen LogP contribution in [0.1, 0.15) is 47.2 Å². The van der Waals surface area contributed by atoms with Crippen molar-refractivity contribution in [2.24, 2.45) is 0 Å². The van der Waals surface area contributed by atoms with E-state index in [0.717, 1.165) is 38.9 Å². The molecule has 3 aliphatic carbocycles. The van der Waals surface area contributed by atoms with E-state index < -0.39 is 0 Å². The summed E-state index contributed by atoms with van der Waals surface area (Å²) in [6.07, 6.45) is 0. The molecule has 0 unspecified atom stereocenters. The minimum Gasteiger partial charge on any atom is -0.455 e. The zero-order valence-electron chi connectivity index (χ0n) is 32.2. The van der Waals surface area contributed by atoms with Crippen LogP contribution >= 0.6 is 0 Å². The first kappa shape index (κ1) is 32.0. The molecule has 0 bridgehead atoms. The molecule has 0 aliphatic heterocycles. The van der Waals surface area contributed by atoms with E-state index >= 15 is 0 Å². The molecule has 0 saturated carbocycles. The molecule has 3 aliphatic rings. The van der Waals surface area contributed by atoms with Crippen LogP contribution in [0.4, 0.5) is 11.4 Å². The Hall–Kier alpha value is -7.16. The third-order valence-corrected chi connectivity index (χ3v) is 13.7. The van der Waals surface area contributed by atoms with Crippen molar-refractivity contribution in [2.45, 2.75) is 24.7 Å². The lowest BCUT2D eigenvalue weighted by molar-refractivity contribution is 0.661. The van der Waals surface area contributed by atoms with Crippen LogP contribution < -0.4 is 5.32 Å². The van der Waals surface area contributed by atoms with Crippen LogP contribution in [0.2, 0.25) is 0 Å². The predicted molar refractivity (Wildman–Crippen MR) is 240 cm³/mol. The molecule has 10 aromatic rings. The van der Waals surface area contributed by atoms with Crippen molar-refractivity contribution >= 4 is 44.1 Å². The van der Waals surface area contributed by atoms with Crippen molar-refractivity contribution < 1.29 is 4.42 Å². The largest absolute Gasteiger partial charge is 0.455 e. The summed E-state index contributed by atoms with van der Waals surface area (Å²) in [5.74, 6) is 0. The summed E-state index contributed by atoms with van der Waals surface area (Å²) in [6, 6.07) is 67.2. The molecule has 1 heterocycles. The molecule has 2 heteroatoms. The van der Waals surface area contributed by atoms with Crippen molar-refractivity contribution in [2.75, 3.05) is 5.32 Å². The first-order valence-electron chi connectivity index (χ1n) is 20.3. The molecule has 272 valence electrons. The zero-order valence-corrected chi connectivity index (χ0v) is 32.2. The van der Waals surface area contributed by atoms with Crippen molar-refractivity contribution in [3.8, 4) is 44.5 Å². The van der Waals surface area contributed by atoms with Crippen molar-refractivity contribution in [1.29, 1.82) is 0 Å². The molecule has 2 nitrogen and oxygen atoms in total. The van der Waals surface area contributed by atoms with Gasteiger partial charge in [-0.25, -0.2) is 0 Å². The van der Waals surface area contributed by atoms with Crippen LogP contribution in [-0.2, 0) is 10.8 Å². The third kappa shape index (κ3) is 3.92. The van der Waals surface area contributed by atoms with Gasteiger partial charge < -0.3 is 9.73 Å². The van der Waals surface area contributed by atoms with Crippen LogP contribution in [-0.4, -0.2) is 0 Å². The summed E-state index contributed by atoms with van der Waals surface area (Å²) in [4.78, 5) is 0. The fraction of sp³-hybridized carbons (Fsp3) is 0.0714. The number of nitrogens with one attached hydrogen (secondary N) is 1. The van der Waals surface area contributed by atoms with Gasteiger partial charge in [-0.1, -0.05) is 166 Å². The van der Waals surface area contributed by atoms with Crippen LogP contribution in [0.3, 0.4) is 0 Å². The van der Waals surface area contributed by atoms with E-state index in [4.69, 9.17) is 4.42 Å². The molecular formula is C56H37NO.